The van der Waals surface area contributed by atoms with Gasteiger partial charge in [-0.25, -0.2) is 9.59 Å². The average Bonchev–Trinajstić information content (AvgIpc) is 4.06. The lowest BCUT2D eigenvalue weighted by molar-refractivity contribution is -0.344. The summed E-state index contributed by atoms with van der Waals surface area (Å²) in [5.74, 6) is -5.93. The Balaban J connectivity index is 1.43. The van der Waals surface area contributed by atoms with Crippen LogP contribution in [0.4, 0.5) is 4.79 Å². The van der Waals surface area contributed by atoms with Crippen molar-refractivity contribution in [1.29, 1.82) is 0 Å². The van der Waals surface area contributed by atoms with Crippen molar-refractivity contribution in [1.82, 2.24) is 5.32 Å². The predicted molar refractivity (Wildman–Crippen MR) is 257 cm³/mol. The molecule has 4 fully saturated rings. The number of carbonyl (C=O) groups excluding carboxylic acids is 6. The lowest BCUT2D eigenvalue weighted by Crippen LogP contribution is -2.82. The Hall–Kier alpha value is -4.42. The van der Waals surface area contributed by atoms with Gasteiger partial charge in [-0.2, -0.15) is 0 Å². The van der Waals surface area contributed by atoms with E-state index in [4.69, 9.17) is 32.8 Å². The van der Waals surface area contributed by atoms with Crippen molar-refractivity contribution in [3.8, 4) is 0 Å². The van der Waals surface area contributed by atoms with Crippen LogP contribution in [0.5, 0.6) is 0 Å². The van der Waals surface area contributed by atoms with Crippen molar-refractivity contribution in [2.24, 2.45) is 22.7 Å². The minimum atomic E-state index is -2.61. The zero-order valence-corrected chi connectivity index (χ0v) is 43.6. The third-order valence-corrected chi connectivity index (χ3v) is 22.2. The highest BCUT2D eigenvalue weighted by molar-refractivity contribution is 7.10. The van der Waals surface area contributed by atoms with E-state index < -0.39 is 115 Å². The van der Waals surface area contributed by atoms with Crippen LogP contribution in [-0.4, -0.2) is 104 Å². The summed E-state index contributed by atoms with van der Waals surface area (Å²) in [6.45, 7) is 17.2. The van der Waals surface area contributed by atoms with Crippen molar-refractivity contribution in [2.75, 3.05) is 6.61 Å². The minimum absolute atomic E-state index is 0.0980. The van der Waals surface area contributed by atoms with Gasteiger partial charge in [-0.15, -0.1) is 11.3 Å². The number of nitrogens with one attached hydrogen (secondary N) is 1. The van der Waals surface area contributed by atoms with Crippen molar-refractivity contribution in [2.45, 2.75) is 186 Å². The molecule has 2 aromatic rings. The molecule has 3 saturated carbocycles. The molecule has 1 amide bonds. The fraction of sp³-hybridized carbons (Fsp3) is 0.654. The Morgan fingerprint density at radius 1 is 0.928 bits per heavy atom. The molecule has 2 heterocycles. The van der Waals surface area contributed by atoms with E-state index in [2.05, 4.69) is 26.1 Å². The molecule has 1 aromatic carbocycles. The SMILES string of the molecule is CCC(=O)O[C@H]1C(=O)[C@@]2(C)C([C@H](OC(=O)c3ccccc3)[C@]3(O)C[C@H](OC(=O)[C@H](C)[C@@H](NC(=O)OC4CCCC4)c4cccs4)C(C)=C1C3(C)C)[C@]1(OC(C)=O)CO[C@@H]1C[C@@H]2O[Si](CC)(CC)CC. The van der Waals surface area contributed by atoms with Crippen LogP contribution >= 0.6 is 11.3 Å². The topological polar surface area (TPSA) is 199 Å². The number of aliphatic hydroxyl groups is 1. The number of esters is 4. The first-order chi connectivity index (χ1) is 32.7. The zero-order chi connectivity index (χ0) is 50.3. The van der Waals surface area contributed by atoms with Crippen LogP contribution in [0, 0.1) is 22.7 Å². The Labute approximate surface area is 410 Å². The molecule has 1 saturated heterocycles. The first-order valence-corrected chi connectivity index (χ1v) is 28.2. The average molecular weight is 994 g/mol. The number of benzene rings is 1. The van der Waals surface area contributed by atoms with E-state index in [0.717, 1.165) is 25.7 Å². The van der Waals surface area contributed by atoms with Gasteiger partial charge in [0.1, 0.15) is 30.0 Å². The molecule has 1 aromatic heterocycles. The number of ether oxygens (including phenoxy) is 6. The molecule has 2 bridgehead atoms. The van der Waals surface area contributed by atoms with E-state index in [1.807, 2.05) is 11.4 Å². The number of rotatable bonds is 16. The van der Waals surface area contributed by atoms with Crippen LogP contribution in [0.15, 0.2) is 59.0 Å². The molecule has 5 aliphatic rings. The third kappa shape index (κ3) is 9.35. The number of thiophene rings is 1. The van der Waals surface area contributed by atoms with Crippen LogP contribution in [-0.2, 0) is 52.0 Å². The van der Waals surface area contributed by atoms with Gasteiger partial charge in [0.05, 0.1) is 41.6 Å². The summed E-state index contributed by atoms with van der Waals surface area (Å²) >= 11 is 1.35. The minimum Gasteiger partial charge on any atom is -0.457 e. The van der Waals surface area contributed by atoms with Crippen molar-refractivity contribution < 1.29 is 66.7 Å². The van der Waals surface area contributed by atoms with Gasteiger partial charge in [-0.1, -0.05) is 65.8 Å². The summed E-state index contributed by atoms with van der Waals surface area (Å²) in [7, 11) is -2.61. The van der Waals surface area contributed by atoms with E-state index in [0.29, 0.717) is 28.6 Å². The number of hydrogen-bond donors (Lipinski definition) is 2. The van der Waals surface area contributed by atoms with Gasteiger partial charge < -0.3 is 43.3 Å². The van der Waals surface area contributed by atoms with E-state index in [1.165, 1.54) is 18.3 Å². The number of amides is 1. The second-order valence-corrected chi connectivity index (χ2v) is 26.2. The quantitative estimate of drug-likeness (QED) is 0.0700. The lowest BCUT2D eigenvalue weighted by Gasteiger charge is -2.68. The van der Waals surface area contributed by atoms with Crippen LogP contribution < -0.4 is 5.32 Å². The molecule has 4 aliphatic carbocycles. The number of alkyl carbamates (subject to hydrolysis) is 1. The van der Waals surface area contributed by atoms with Crippen LogP contribution in [0.2, 0.25) is 18.1 Å². The number of ketones is 1. The number of Topliss-reactive ketones (excluding diaryl/α,β-unsaturated/α-hetero) is 1. The van der Waals surface area contributed by atoms with E-state index in [-0.39, 0.29) is 43.1 Å². The molecular formula is C52H71NO14SSi. The van der Waals surface area contributed by atoms with Gasteiger partial charge in [-0.3, -0.25) is 19.2 Å². The fourth-order valence-corrected chi connectivity index (χ4v) is 16.0. The maximum absolute atomic E-state index is 16.5. The molecule has 7 rings (SSSR count). The Morgan fingerprint density at radius 3 is 2.16 bits per heavy atom. The second-order valence-electron chi connectivity index (χ2n) is 20.5. The standard InChI is InChI=1S/C52H71NO14SSi/c1-11-39(55)64-42-40-30(5)35(63-46(57)31(6)41(36-25-20-26-68-36)53-48(59)62-34-23-18-19-24-34)28-52(60,49(40,8)9)45(65-47(58)33-21-16-15-17-22-33)43-50(10,44(42)56)37(67-69(12-2,13-3)14-4)27-38-51(43,29-61-38)66-32(7)54/h15-17,20-22,25-26,31,34-35,37-38,41-43,45,60H,11-14,18-19,23-24,27-29H2,1-10H3,(H,53,59)/t31-,35+,37+,38-,41-,42-,43?,45+,50-,51+,52-/m1/s1. The van der Waals surface area contributed by atoms with E-state index >= 15 is 4.79 Å². The van der Waals surface area contributed by atoms with Crippen molar-refractivity contribution >= 4 is 55.4 Å². The van der Waals surface area contributed by atoms with Crippen LogP contribution in [0.25, 0.3) is 0 Å². The maximum Gasteiger partial charge on any atom is 0.407 e. The predicted octanol–water partition coefficient (Wildman–Crippen LogP) is 8.73. The summed E-state index contributed by atoms with van der Waals surface area (Å²) < 4.78 is 45.3. The monoisotopic (exact) mass is 993 g/mol. The smallest absolute Gasteiger partial charge is 0.407 e. The highest BCUT2D eigenvalue weighted by Gasteiger charge is 2.79. The summed E-state index contributed by atoms with van der Waals surface area (Å²) in [5, 5.41) is 18.9. The summed E-state index contributed by atoms with van der Waals surface area (Å²) in [6.07, 6.45) is -4.27. The summed E-state index contributed by atoms with van der Waals surface area (Å²) in [6, 6.07) is 13.1. The maximum atomic E-state index is 16.5. The number of fused-ring (bicyclic) bond motifs is 5. The largest absolute Gasteiger partial charge is 0.457 e. The molecule has 69 heavy (non-hydrogen) atoms. The van der Waals surface area contributed by atoms with Gasteiger partial charge in [-0.05, 0) is 99.3 Å². The first kappa shape index (κ1) is 52.4. The zero-order valence-electron chi connectivity index (χ0n) is 41.8. The Morgan fingerprint density at radius 2 is 1.59 bits per heavy atom. The Kier molecular flexibility index (Phi) is 15.5. The van der Waals surface area contributed by atoms with Crippen molar-refractivity contribution in [3.63, 3.8) is 0 Å². The summed E-state index contributed by atoms with van der Waals surface area (Å²) in [4.78, 5) is 87.2. The third-order valence-electron chi connectivity index (χ3n) is 16.6. The second kappa shape index (κ2) is 20.4. The molecule has 378 valence electrons. The molecule has 0 spiro atoms. The number of hydrogen-bond acceptors (Lipinski definition) is 15. The fourth-order valence-electron chi connectivity index (χ4n) is 12.1. The lowest BCUT2D eigenvalue weighted by atomic mass is 9.44. The van der Waals surface area contributed by atoms with Gasteiger partial charge in [0.2, 0.25) is 0 Å². The molecule has 1 unspecified atom stereocenters. The molecule has 1 aliphatic heterocycles. The van der Waals surface area contributed by atoms with Gasteiger partial charge in [0.15, 0.2) is 25.8 Å². The van der Waals surface area contributed by atoms with Gasteiger partial charge in [0.25, 0.3) is 0 Å². The van der Waals surface area contributed by atoms with Gasteiger partial charge >= 0.3 is 30.0 Å². The van der Waals surface area contributed by atoms with E-state index in [1.54, 1.807) is 77.9 Å². The summed E-state index contributed by atoms with van der Waals surface area (Å²) in [5.41, 5.74) is -6.58. The van der Waals surface area contributed by atoms with Crippen LogP contribution in [0.3, 0.4) is 0 Å². The molecular weight excluding hydrogens is 923 g/mol. The highest BCUT2D eigenvalue weighted by atomic mass is 32.1. The van der Waals surface area contributed by atoms with Gasteiger partial charge in [0, 0.05) is 36.5 Å². The molecule has 0 radical (unpaired) electrons. The number of carbonyl (C=O) groups is 6. The molecule has 11 atom stereocenters. The first-order valence-electron chi connectivity index (χ1n) is 24.8. The molecule has 17 heteroatoms. The molecule has 15 nitrogen and oxygen atoms in total. The Bertz CT molecular complexity index is 2270. The van der Waals surface area contributed by atoms with Crippen LogP contribution in [0.1, 0.15) is 135 Å². The highest BCUT2D eigenvalue weighted by Crippen LogP contribution is 2.65. The molecule has 2 N–H and O–H groups in total. The van der Waals surface area contributed by atoms with E-state index in [9.17, 15) is 29.1 Å². The normalized spacial score (nSPS) is 31.6. The van der Waals surface area contributed by atoms with Crippen molar-refractivity contribution in [3.05, 3.63) is 69.4 Å².